The molecule has 1 aliphatic heterocycles. The molecule has 8 heteroatoms. The van der Waals surface area contributed by atoms with E-state index in [0.717, 1.165) is 28.0 Å². The Bertz CT molecular complexity index is 896. The summed E-state index contributed by atoms with van der Waals surface area (Å²) in [5.74, 6) is 0.262. The van der Waals surface area contributed by atoms with Crippen LogP contribution < -0.4 is 5.32 Å². The van der Waals surface area contributed by atoms with Gasteiger partial charge in [0.25, 0.3) is 5.91 Å². The van der Waals surface area contributed by atoms with Crippen molar-refractivity contribution in [2.45, 2.75) is 38.3 Å². The van der Waals surface area contributed by atoms with Crippen molar-refractivity contribution in [1.29, 1.82) is 0 Å². The van der Waals surface area contributed by atoms with Crippen molar-refractivity contribution in [2.75, 3.05) is 6.61 Å². The van der Waals surface area contributed by atoms with Gasteiger partial charge in [0.05, 0.1) is 22.3 Å². The van der Waals surface area contributed by atoms with E-state index >= 15 is 0 Å². The molecule has 0 spiro atoms. The number of ether oxygens (including phenoxy) is 1. The third-order valence-corrected chi connectivity index (χ3v) is 5.75. The van der Waals surface area contributed by atoms with E-state index < -0.39 is 0 Å². The second-order valence-corrected chi connectivity index (χ2v) is 7.70. The monoisotopic (exact) mass is 359 g/mol. The zero-order chi connectivity index (χ0) is 17.6. The number of fused-ring (bicyclic) bond motifs is 1. The molecule has 1 saturated heterocycles. The van der Waals surface area contributed by atoms with Gasteiger partial charge in [-0.15, -0.1) is 11.3 Å². The van der Waals surface area contributed by atoms with Crippen LogP contribution in [0.5, 0.6) is 0 Å². The molecule has 1 fully saturated rings. The minimum atomic E-state index is -0.172. The quantitative estimate of drug-likeness (QED) is 0.750. The van der Waals surface area contributed by atoms with E-state index in [2.05, 4.69) is 34.5 Å². The largest absolute Gasteiger partial charge is 0.370 e. The van der Waals surface area contributed by atoms with Gasteiger partial charge in [-0.05, 0) is 24.5 Å². The van der Waals surface area contributed by atoms with Crippen LogP contribution >= 0.6 is 11.3 Å². The number of amides is 1. The molecule has 4 heterocycles. The molecule has 2 atom stereocenters. The summed E-state index contributed by atoms with van der Waals surface area (Å²) >= 11 is 1.48. The summed E-state index contributed by atoms with van der Waals surface area (Å²) in [5, 5.41) is 15.7. The second-order valence-electron chi connectivity index (χ2n) is 6.67. The average Bonchev–Trinajstić information content (AvgIpc) is 3.31. The lowest BCUT2D eigenvalue weighted by Gasteiger charge is -2.18. The van der Waals surface area contributed by atoms with E-state index in [1.165, 1.54) is 11.3 Å². The van der Waals surface area contributed by atoms with Crippen LogP contribution in [0.15, 0.2) is 18.3 Å². The molecule has 0 aromatic carbocycles. The highest BCUT2D eigenvalue weighted by Crippen LogP contribution is 2.32. The summed E-state index contributed by atoms with van der Waals surface area (Å²) in [6.07, 6.45) is 2.32. The smallest absolute Gasteiger partial charge is 0.261 e. The van der Waals surface area contributed by atoms with E-state index in [9.17, 15) is 4.79 Å². The molecule has 1 aliphatic rings. The van der Waals surface area contributed by atoms with Gasteiger partial charge in [0, 0.05) is 25.2 Å². The fourth-order valence-corrected chi connectivity index (χ4v) is 4.30. The van der Waals surface area contributed by atoms with Crippen LogP contribution in [0.1, 0.15) is 53.3 Å². The van der Waals surface area contributed by atoms with Crippen LogP contribution in [0.2, 0.25) is 0 Å². The molecule has 1 amide bonds. The van der Waals surface area contributed by atoms with Crippen molar-refractivity contribution >= 4 is 27.5 Å². The molecule has 132 valence electrons. The van der Waals surface area contributed by atoms with Gasteiger partial charge >= 0.3 is 0 Å². The van der Waals surface area contributed by atoms with E-state index in [1.54, 1.807) is 6.20 Å². The zero-order valence-corrected chi connectivity index (χ0v) is 15.3. The highest BCUT2D eigenvalue weighted by molar-refractivity contribution is 7.20. The van der Waals surface area contributed by atoms with Crippen LogP contribution in [-0.2, 0) is 11.8 Å². The maximum absolute atomic E-state index is 12.8. The highest BCUT2D eigenvalue weighted by atomic mass is 32.1. The lowest BCUT2D eigenvalue weighted by Crippen LogP contribution is -2.36. The first-order chi connectivity index (χ1) is 12.0. The van der Waals surface area contributed by atoms with Crippen molar-refractivity contribution < 1.29 is 9.53 Å². The minimum absolute atomic E-state index is 0.0548. The molecule has 0 unspecified atom stereocenters. The molecule has 0 bridgehead atoms. The molecular weight excluding hydrogens is 338 g/mol. The topological polar surface area (TPSA) is 84.8 Å². The average molecular weight is 359 g/mol. The first-order valence-corrected chi connectivity index (χ1v) is 9.24. The Labute approximate surface area is 149 Å². The SMILES string of the molecule is CC(C)c1nn(C)c2sc(C(=O)N[C@@H]3CCO[C@H]3c3ccn[nH]3)cc12. The number of carbonyl (C=O) groups is 1. The molecular formula is C17H21N5O2S. The van der Waals surface area contributed by atoms with Crippen LogP contribution in [0.4, 0.5) is 0 Å². The Hall–Kier alpha value is -2.19. The Balaban J connectivity index is 1.57. The molecule has 3 aromatic rings. The summed E-state index contributed by atoms with van der Waals surface area (Å²) in [6, 6.07) is 3.79. The molecule has 7 nitrogen and oxygen atoms in total. The standard InChI is InChI=1S/C17H21N5O2S/c1-9(2)14-10-8-13(25-17(10)22(3)21-14)16(23)19-11-5-7-24-15(11)12-4-6-18-20-12/h4,6,8-9,11,15H,5,7H2,1-3H3,(H,18,20)(H,19,23)/t11-,15-/m1/s1. The summed E-state index contributed by atoms with van der Waals surface area (Å²) in [7, 11) is 1.92. The second kappa shape index (κ2) is 6.27. The maximum Gasteiger partial charge on any atom is 0.261 e. The normalized spacial score (nSPS) is 20.6. The number of hydrogen-bond acceptors (Lipinski definition) is 5. The van der Waals surface area contributed by atoms with E-state index in [-0.39, 0.29) is 18.1 Å². The fourth-order valence-electron chi connectivity index (χ4n) is 3.31. The molecule has 3 aromatic heterocycles. The number of carbonyl (C=O) groups excluding carboxylic acids is 1. The number of aromatic amines is 1. The minimum Gasteiger partial charge on any atom is -0.370 e. The molecule has 0 radical (unpaired) electrons. The number of H-pyrrole nitrogens is 1. The summed E-state index contributed by atoms with van der Waals surface area (Å²) in [5.41, 5.74) is 1.93. The number of aromatic nitrogens is 4. The van der Waals surface area contributed by atoms with Crippen LogP contribution in [0, 0.1) is 0 Å². The van der Waals surface area contributed by atoms with Gasteiger partial charge in [-0.2, -0.15) is 10.2 Å². The van der Waals surface area contributed by atoms with Crippen LogP contribution in [0.3, 0.4) is 0 Å². The van der Waals surface area contributed by atoms with Crippen molar-refractivity contribution in [3.8, 4) is 0 Å². The summed E-state index contributed by atoms with van der Waals surface area (Å²) in [4.78, 5) is 14.5. The number of thiophene rings is 1. The molecule has 2 N–H and O–H groups in total. The van der Waals surface area contributed by atoms with Gasteiger partial charge in [0.2, 0.25) is 0 Å². The first-order valence-electron chi connectivity index (χ1n) is 8.42. The first kappa shape index (κ1) is 16.3. The predicted molar refractivity (Wildman–Crippen MR) is 95.8 cm³/mol. The van der Waals surface area contributed by atoms with E-state index in [0.29, 0.717) is 17.4 Å². The third-order valence-electron chi connectivity index (χ3n) is 4.55. The third kappa shape index (κ3) is 2.85. The van der Waals surface area contributed by atoms with Gasteiger partial charge in [-0.1, -0.05) is 13.8 Å². The van der Waals surface area contributed by atoms with E-state index in [4.69, 9.17) is 4.74 Å². The molecule has 25 heavy (non-hydrogen) atoms. The Morgan fingerprint density at radius 2 is 2.36 bits per heavy atom. The Morgan fingerprint density at radius 3 is 3.08 bits per heavy atom. The summed E-state index contributed by atoms with van der Waals surface area (Å²) < 4.78 is 7.62. The van der Waals surface area contributed by atoms with Gasteiger partial charge in [0.1, 0.15) is 10.9 Å². The van der Waals surface area contributed by atoms with Crippen molar-refractivity contribution in [3.63, 3.8) is 0 Å². The van der Waals surface area contributed by atoms with Gasteiger partial charge in [0.15, 0.2) is 0 Å². The number of nitrogens with one attached hydrogen (secondary N) is 2. The molecule has 4 rings (SSSR count). The van der Waals surface area contributed by atoms with Gasteiger partial charge in [-0.3, -0.25) is 14.6 Å². The number of hydrogen-bond donors (Lipinski definition) is 2. The summed E-state index contributed by atoms with van der Waals surface area (Å²) in [6.45, 7) is 4.86. The van der Waals surface area contributed by atoms with Gasteiger partial charge in [-0.25, -0.2) is 0 Å². The number of nitrogens with zero attached hydrogens (tertiary/aromatic N) is 3. The van der Waals surface area contributed by atoms with Crippen LogP contribution in [-0.4, -0.2) is 38.5 Å². The Kier molecular flexibility index (Phi) is 4.09. The van der Waals surface area contributed by atoms with Gasteiger partial charge < -0.3 is 10.1 Å². The van der Waals surface area contributed by atoms with Crippen molar-refractivity contribution in [2.24, 2.45) is 7.05 Å². The van der Waals surface area contributed by atoms with Crippen LogP contribution in [0.25, 0.3) is 10.2 Å². The van der Waals surface area contributed by atoms with Crippen molar-refractivity contribution in [1.82, 2.24) is 25.3 Å². The highest BCUT2D eigenvalue weighted by Gasteiger charge is 2.32. The molecule has 0 saturated carbocycles. The zero-order valence-electron chi connectivity index (χ0n) is 14.4. The van der Waals surface area contributed by atoms with E-state index in [1.807, 2.05) is 23.9 Å². The predicted octanol–water partition coefficient (Wildman–Crippen LogP) is 2.74. The fraction of sp³-hybridized carbons (Fsp3) is 0.471. The Morgan fingerprint density at radius 1 is 1.52 bits per heavy atom. The lowest BCUT2D eigenvalue weighted by atomic mass is 10.1. The molecule has 0 aliphatic carbocycles. The lowest BCUT2D eigenvalue weighted by molar-refractivity contribution is 0.0810. The maximum atomic E-state index is 12.8. The number of rotatable bonds is 4. The number of aryl methyl sites for hydroxylation is 1. The van der Waals surface area contributed by atoms with Crippen molar-refractivity contribution in [3.05, 3.63) is 34.6 Å².